The van der Waals surface area contributed by atoms with E-state index < -0.39 is 0 Å². The van der Waals surface area contributed by atoms with Gasteiger partial charge in [0.05, 0.1) is 19.3 Å². The van der Waals surface area contributed by atoms with Crippen molar-refractivity contribution in [3.05, 3.63) is 0 Å². The molecule has 0 aromatic carbocycles. The minimum Gasteiger partial charge on any atom is -0.383 e. The zero-order chi connectivity index (χ0) is 19.6. The molecule has 1 amide bonds. The first kappa shape index (κ1) is 23.0. The van der Waals surface area contributed by atoms with Gasteiger partial charge in [-0.3, -0.25) is 14.7 Å². The maximum Gasteiger partial charge on any atom is 0.234 e. The van der Waals surface area contributed by atoms with Crippen LogP contribution in [0.1, 0.15) is 25.7 Å². The highest BCUT2D eigenvalue weighted by atomic mass is 127. The number of carbonyl (C=O) groups is 1. The summed E-state index contributed by atoms with van der Waals surface area (Å²) in [5, 5.41) is 6.70. The second-order valence-electron chi connectivity index (χ2n) is 8.61. The maximum absolute atomic E-state index is 12.0. The molecule has 4 aliphatic rings. The van der Waals surface area contributed by atoms with E-state index in [1.807, 2.05) is 7.05 Å². The lowest BCUT2D eigenvalue weighted by Gasteiger charge is -2.63. The van der Waals surface area contributed by atoms with Gasteiger partial charge in [0.25, 0.3) is 0 Å². The molecule has 166 valence electrons. The molecule has 2 aliphatic carbocycles. The van der Waals surface area contributed by atoms with E-state index in [-0.39, 0.29) is 29.9 Å². The van der Waals surface area contributed by atoms with E-state index in [4.69, 9.17) is 9.47 Å². The van der Waals surface area contributed by atoms with Crippen molar-refractivity contribution in [2.45, 2.75) is 37.8 Å². The molecule has 1 spiro atoms. The molecule has 0 radical (unpaired) electrons. The summed E-state index contributed by atoms with van der Waals surface area (Å²) in [4.78, 5) is 21.1. The van der Waals surface area contributed by atoms with Crippen LogP contribution in [0.15, 0.2) is 4.99 Å². The molecule has 0 aromatic heterocycles. The van der Waals surface area contributed by atoms with Gasteiger partial charge in [0.1, 0.15) is 0 Å². The van der Waals surface area contributed by atoms with Gasteiger partial charge < -0.3 is 25.0 Å². The summed E-state index contributed by atoms with van der Waals surface area (Å²) in [5.74, 6) is 1.74. The molecule has 3 atom stereocenters. The number of piperazine rings is 1. The van der Waals surface area contributed by atoms with Crippen LogP contribution in [0, 0.1) is 11.3 Å². The second-order valence-corrected chi connectivity index (χ2v) is 8.61. The zero-order valence-electron chi connectivity index (χ0n) is 17.7. The van der Waals surface area contributed by atoms with Crippen molar-refractivity contribution in [2.75, 3.05) is 66.6 Å². The van der Waals surface area contributed by atoms with Crippen molar-refractivity contribution in [3.8, 4) is 0 Å². The number of amides is 1. The standard InChI is InChI=1S/C20H35N5O3.HI/c1-21-19(23-17-15-4-12-28-18(15)20(17)5-3-6-20)25-10-8-24(9-11-25)14-16(26)22-7-13-27-2;/h15,17-18H,3-14H2,1-2H3,(H,21,23)(H,22,26);1H. The minimum atomic E-state index is 0. The Morgan fingerprint density at radius 3 is 2.66 bits per heavy atom. The van der Waals surface area contributed by atoms with Crippen molar-refractivity contribution < 1.29 is 14.3 Å². The fourth-order valence-electron chi connectivity index (χ4n) is 5.56. The van der Waals surface area contributed by atoms with Crippen molar-refractivity contribution in [2.24, 2.45) is 16.3 Å². The number of rotatable bonds is 6. The first-order valence-corrected chi connectivity index (χ1v) is 10.8. The molecule has 3 unspecified atom stereocenters. The molecule has 9 heteroatoms. The summed E-state index contributed by atoms with van der Waals surface area (Å²) in [6, 6.07) is 0.511. The Labute approximate surface area is 191 Å². The highest BCUT2D eigenvalue weighted by molar-refractivity contribution is 14.0. The number of fused-ring (bicyclic) bond motifs is 2. The lowest BCUT2D eigenvalue weighted by Crippen LogP contribution is -2.73. The molecular formula is C20H36IN5O3. The average Bonchev–Trinajstić information content (AvgIpc) is 3.07. The summed E-state index contributed by atoms with van der Waals surface area (Å²) in [6.45, 7) is 6.05. The largest absolute Gasteiger partial charge is 0.383 e. The van der Waals surface area contributed by atoms with Crippen LogP contribution in [0.25, 0.3) is 0 Å². The second kappa shape index (κ2) is 10.1. The number of ether oxygens (including phenoxy) is 2. The Kier molecular flexibility index (Phi) is 8.02. The lowest BCUT2D eigenvalue weighted by atomic mass is 9.46. The monoisotopic (exact) mass is 521 g/mol. The number of carbonyl (C=O) groups excluding carboxylic acids is 1. The highest BCUT2D eigenvalue weighted by Gasteiger charge is 2.66. The fraction of sp³-hybridized carbons (Fsp3) is 0.900. The zero-order valence-corrected chi connectivity index (χ0v) is 20.0. The van der Waals surface area contributed by atoms with Crippen molar-refractivity contribution >= 4 is 35.8 Å². The lowest BCUT2D eigenvalue weighted by molar-refractivity contribution is -0.171. The van der Waals surface area contributed by atoms with E-state index in [0.717, 1.165) is 38.7 Å². The molecule has 29 heavy (non-hydrogen) atoms. The Bertz CT molecular complexity index is 593. The number of methoxy groups -OCH3 is 1. The average molecular weight is 521 g/mol. The smallest absolute Gasteiger partial charge is 0.234 e. The molecule has 4 fully saturated rings. The van der Waals surface area contributed by atoms with Crippen LogP contribution in [0.4, 0.5) is 0 Å². The topological polar surface area (TPSA) is 78.4 Å². The van der Waals surface area contributed by atoms with Crippen molar-refractivity contribution in [1.29, 1.82) is 0 Å². The van der Waals surface area contributed by atoms with E-state index in [9.17, 15) is 4.79 Å². The number of nitrogens with zero attached hydrogens (tertiary/aromatic N) is 3. The van der Waals surface area contributed by atoms with E-state index in [1.54, 1.807) is 7.11 Å². The molecule has 2 saturated carbocycles. The van der Waals surface area contributed by atoms with Crippen LogP contribution >= 0.6 is 24.0 Å². The number of halogens is 1. The van der Waals surface area contributed by atoms with Gasteiger partial charge in [0.2, 0.25) is 5.91 Å². The van der Waals surface area contributed by atoms with Gasteiger partial charge in [-0.05, 0) is 19.3 Å². The van der Waals surface area contributed by atoms with Crippen LogP contribution in [0.3, 0.4) is 0 Å². The normalized spacial score (nSPS) is 30.8. The summed E-state index contributed by atoms with van der Waals surface area (Å²) in [5.41, 5.74) is 0.360. The van der Waals surface area contributed by atoms with Crippen LogP contribution in [-0.2, 0) is 14.3 Å². The van der Waals surface area contributed by atoms with E-state index in [1.165, 1.54) is 25.7 Å². The third-order valence-electron chi connectivity index (χ3n) is 7.20. The first-order valence-electron chi connectivity index (χ1n) is 10.8. The van der Waals surface area contributed by atoms with Crippen LogP contribution in [0.5, 0.6) is 0 Å². The van der Waals surface area contributed by atoms with Crippen molar-refractivity contribution in [3.63, 3.8) is 0 Å². The van der Waals surface area contributed by atoms with Gasteiger partial charge in [-0.15, -0.1) is 24.0 Å². The molecule has 2 heterocycles. The third-order valence-corrected chi connectivity index (χ3v) is 7.20. The Balaban J connectivity index is 0.00000240. The number of aliphatic imine (C=N–C) groups is 1. The van der Waals surface area contributed by atoms with Crippen LogP contribution in [-0.4, -0.2) is 100 Å². The molecule has 2 saturated heterocycles. The third kappa shape index (κ3) is 4.52. The quantitative estimate of drug-likeness (QED) is 0.230. The number of hydrogen-bond donors (Lipinski definition) is 2. The fourth-order valence-corrected chi connectivity index (χ4v) is 5.56. The molecule has 4 rings (SSSR count). The van der Waals surface area contributed by atoms with Gasteiger partial charge in [-0.1, -0.05) is 6.42 Å². The first-order chi connectivity index (χ1) is 13.7. The van der Waals surface area contributed by atoms with Gasteiger partial charge in [0.15, 0.2) is 5.96 Å². The Morgan fingerprint density at radius 2 is 2.03 bits per heavy atom. The molecule has 2 N–H and O–H groups in total. The molecular weight excluding hydrogens is 485 g/mol. The predicted molar refractivity (Wildman–Crippen MR) is 123 cm³/mol. The van der Waals surface area contributed by atoms with Crippen molar-refractivity contribution in [1.82, 2.24) is 20.4 Å². The highest BCUT2D eigenvalue weighted by Crippen LogP contribution is 2.62. The molecule has 0 aromatic rings. The Morgan fingerprint density at radius 1 is 1.28 bits per heavy atom. The summed E-state index contributed by atoms with van der Waals surface area (Å²) in [7, 11) is 3.52. The van der Waals surface area contributed by atoms with Crippen LogP contribution in [0.2, 0.25) is 0 Å². The van der Waals surface area contributed by atoms with Crippen LogP contribution < -0.4 is 10.6 Å². The summed E-state index contributed by atoms with van der Waals surface area (Å²) in [6.07, 6.45) is 5.55. The van der Waals surface area contributed by atoms with Gasteiger partial charge in [0, 0.05) is 70.9 Å². The molecule has 0 bridgehead atoms. The van der Waals surface area contributed by atoms with E-state index in [2.05, 4.69) is 25.4 Å². The Hall–Kier alpha value is -0.650. The minimum absolute atomic E-state index is 0. The summed E-state index contributed by atoms with van der Waals surface area (Å²) < 4.78 is 11.0. The predicted octanol–water partition coefficient (Wildman–Crippen LogP) is 0.518. The molecule has 2 aliphatic heterocycles. The molecule has 8 nitrogen and oxygen atoms in total. The number of guanidine groups is 1. The van der Waals surface area contributed by atoms with Gasteiger partial charge >= 0.3 is 0 Å². The van der Waals surface area contributed by atoms with Gasteiger partial charge in [-0.2, -0.15) is 0 Å². The van der Waals surface area contributed by atoms with E-state index in [0.29, 0.717) is 43.2 Å². The van der Waals surface area contributed by atoms with Gasteiger partial charge in [-0.25, -0.2) is 0 Å². The summed E-state index contributed by atoms with van der Waals surface area (Å²) >= 11 is 0. The number of nitrogens with one attached hydrogen (secondary N) is 2. The SMILES string of the molecule is CN=C(NC1C2CCOC2C12CCC2)N1CCN(CC(=O)NCCOC)CC1.I. The van der Waals surface area contributed by atoms with E-state index >= 15 is 0 Å². The number of hydrogen-bond acceptors (Lipinski definition) is 5. The maximum atomic E-state index is 12.0.